The Morgan fingerprint density at radius 3 is 2.33 bits per heavy atom. The molecule has 2 aromatic carbocycles. The molecule has 142 valence electrons. The van der Waals surface area contributed by atoms with Crippen LogP contribution in [-0.2, 0) is 5.60 Å². The molecule has 0 saturated carbocycles. The van der Waals surface area contributed by atoms with Gasteiger partial charge in [0.25, 0.3) is 0 Å². The summed E-state index contributed by atoms with van der Waals surface area (Å²) >= 11 is 0. The summed E-state index contributed by atoms with van der Waals surface area (Å²) in [5, 5.41) is 25.4. The van der Waals surface area contributed by atoms with Gasteiger partial charge in [-0.1, -0.05) is 61.4 Å². The van der Waals surface area contributed by atoms with Gasteiger partial charge in [0.05, 0.1) is 17.1 Å². The van der Waals surface area contributed by atoms with Crippen LogP contribution in [0.15, 0.2) is 60.7 Å². The van der Waals surface area contributed by atoms with Crippen LogP contribution in [0.25, 0.3) is 16.9 Å². The summed E-state index contributed by atoms with van der Waals surface area (Å²) in [6.07, 6.45) is 2.51. The summed E-state index contributed by atoms with van der Waals surface area (Å²) in [4.78, 5) is 0. The van der Waals surface area contributed by atoms with Crippen LogP contribution in [0.3, 0.4) is 0 Å². The Kier molecular flexibility index (Phi) is 6.09. The average Bonchev–Trinajstić information content (AvgIpc) is 3.14. The number of benzene rings is 2. The Bertz CT molecular complexity index is 856. The quantitative estimate of drug-likeness (QED) is 0.614. The standard InChI is InChI=1S/C23H28N2O2/c1-3-14-23(27,15-7-16-26)22-17-21(19-12-10-18(2)11-13-19)25(24-22)20-8-5-4-6-9-20/h4-6,8-13,17,26-27H,3,7,14-16H2,1-2H3. The first-order valence-corrected chi connectivity index (χ1v) is 9.63. The number of para-hydroxylation sites is 1. The van der Waals surface area contributed by atoms with Gasteiger partial charge < -0.3 is 10.2 Å². The molecule has 0 aliphatic carbocycles. The van der Waals surface area contributed by atoms with Crippen molar-refractivity contribution in [2.45, 2.75) is 45.1 Å². The van der Waals surface area contributed by atoms with E-state index in [0.717, 1.165) is 23.4 Å². The van der Waals surface area contributed by atoms with Crippen LogP contribution in [-0.4, -0.2) is 26.6 Å². The van der Waals surface area contributed by atoms with E-state index >= 15 is 0 Å². The van der Waals surface area contributed by atoms with Crippen molar-refractivity contribution in [1.82, 2.24) is 9.78 Å². The van der Waals surface area contributed by atoms with Crippen molar-refractivity contribution in [2.24, 2.45) is 0 Å². The summed E-state index contributed by atoms with van der Waals surface area (Å²) in [7, 11) is 0. The second-order valence-corrected chi connectivity index (χ2v) is 7.14. The van der Waals surface area contributed by atoms with Crippen LogP contribution in [0.2, 0.25) is 0 Å². The zero-order valence-corrected chi connectivity index (χ0v) is 16.1. The number of nitrogens with zero attached hydrogens (tertiary/aromatic N) is 2. The third kappa shape index (κ3) is 4.29. The smallest absolute Gasteiger partial charge is 0.108 e. The maximum atomic E-state index is 11.3. The minimum Gasteiger partial charge on any atom is -0.396 e. The van der Waals surface area contributed by atoms with E-state index in [4.69, 9.17) is 5.10 Å². The van der Waals surface area contributed by atoms with E-state index in [-0.39, 0.29) is 6.61 Å². The molecular formula is C23H28N2O2. The van der Waals surface area contributed by atoms with E-state index in [9.17, 15) is 10.2 Å². The highest BCUT2D eigenvalue weighted by molar-refractivity contribution is 5.63. The highest BCUT2D eigenvalue weighted by atomic mass is 16.3. The molecule has 0 amide bonds. The van der Waals surface area contributed by atoms with E-state index in [1.165, 1.54) is 5.56 Å². The molecule has 1 aromatic heterocycles. The molecule has 0 bridgehead atoms. The molecule has 1 heterocycles. The van der Waals surface area contributed by atoms with Crippen LogP contribution in [0.1, 0.15) is 43.9 Å². The minimum absolute atomic E-state index is 0.0657. The number of aliphatic hydroxyl groups excluding tert-OH is 1. The second kappa shape index (κ2) is 8.51. The molecule has 0 spiro atoms. The summed E-state index contributed by atoms with van der Waals surface area (Å²) < 4.78 is 1.90. The summed E-state index contributed by atoms with van der Waals surface area (Å²) in [6, 6.07) is 20.3. The van der Waals surface area contributed by atoms with Gasteiger partial charge in [-0.3, -0.25) is 0 Å². The number of aliphatic hydroxyl groups is 2. The van der Waals surface area contributed by atoms with Gasteiger partial charge in [-0.05, 0) is 44.4 Å². The summed E-state index contributed by atoms with van der Waals surface area (Å²) in [5.41, 5.74) is 3.81. The van der Waals surface area contributed by atoms with Gasteiger partial charge in [-0.25, -0.2) is 4.68 Å². The first-order valence-electron chi connectivity index (χ1n) is 9.63. The maximum absolute atomic E-state index is 11.3. The van der Waals surface area contributed by atoms with Crippen LogP contribution >= 0.6 is 0 Å². The molecule has 0 aliphatic rings. The lowest BCUT2D eigenvalue weighted by Crippen LogP contribution is -2.26. The van der Waals surface area contributed by atoms with Crippen molar-refractivity contribution in [1.29, 1.82) is 0 Å². The molecule has 0 fully saturated rings. The summed E-state index contributed by atoms with van der Waals surface area (Å²) in [5.74, 6) is 0. The van der Waals surface area contributed by atoms with Crippen LogP contribution in [0, 0.1) is 6.92 Å². The van der Waals surface area contributed by atoms with Crippen LogP contribution in [0.4, 0.5) is 0 Å². The van der Waals surface area contributed by atoms with Crippen LogP contribution < -0.4 is 0 Å². The number of aromatic nitrogens is 2. The first-order chi connectivity index (χ1) is 13.1. The van der Waals surface area contributed by atoms with Crippen molar-refractivity contribution < 1.29 is 10.2 Å². The Morgan fingerprint density at radius 1 is 1.00 bits per heavy atom. The monoisotopic (exact) mass is 364 g/mol. The summed E-state index contributed by atoms with van der Waals surface area (Å²) in [6.45, 7) is 4.19. The predicted octanol–water partition coefficient (Wildman–Crippen LogP) is 4.61. The Hall–Kier alpha value is -2.43. The predicted molar refractivity (Wildman–Crippen MR) is 109 cm³/mol. The second-order valence-electron chi connectivity index (χ2n) is 7.14. The highest BCUT2D eigenvalue weighted by Gasteiger charge is 2.32. The van der Waals surface area contributed by atoms with Crippen molar-refractivity contribution >= 4 is 0 Å². The third-order valence-electron chi connectivity index (χ3n) is 4.95. The first kappa shape index (κ1) is 19.3. The molecule has 0 aliphatic heterocycles. The molecule has 2 N–H and O–H groups in total. The maximum Gasteiger partial charge on any atom is 0.108 e. The fourth-order valence-corrected chi connectivity index (χ4v) is 3.47. The lowest BCUT2D eigenvalue weighted by Gasteiger charge is -2.25. The van der Waals surface area contributed by atoms with E-state index in [0.29, 0.717) is 25.0 Å². The number of rotatable bonds is 8. The molecule has 1 atom stereocenters. The average molecular weight is 364 g/mol. The minimum atomic E-state index is -1.03. The largest absolute Gasteiger partial charge is 0.396 e. The highest BCUT2D eigenvalue weighted by Crippen LogP contribution is 2.34. The van der Waals surface area contributed by atoms with Gasteiger partial charge in [-0.2, -0.15) is 5.10 Å². The molecule has 1 unspecified atom stereocenters. The normalized spacial score (nSPS) is 13.5. The number of aryl methyl sites for hydroxylation is 1. The number of hydrogen-bond donors (Lipinski definition) is 2. The van der Waals surface area contributed by atoms with Gasteiger partial charge in [0.15, 0.2) is 0 Å². The van der Waals surface area contributed by atoms with E-state index in [1.54, 1.807) is 0 Å². The van der Waals surface area contributed by atoms with Gasteiger partial charge >= 0.3 is 0 Å². The molecule has 4 nitrogen and oxygen atoms in total. The van der Waals surface area contributed by atoms with E-state index < -0.39 is 5.60 Å². The number of hydrogen-bond acceptors (Lipinski definition) is 3. The Labute approximate surface area is 161 Å². The zero-order valence-electron chi connectivity index (χ0n) is 16.1. The van der Waals surface area contributed by atoms with Gasteiger partial charge in [0, 0.05) is 12.2 Å². The van der Waals surface area contributed by atoms with Gasteiger partial charge in [0.1, 0.15) is 5.60 Å². The lowest BCUT2D eigenvalue weighted by molar-refractivity contribution is 0.00718. The Morgan fingerprint density at radius 2 is 1.70 bits per heavy atom. The molecule has 3 rings (SSSR count). The molecule has 3 aromatic rings. The fraction of sp³-hybridized carbons (Fsp3) is 0.348. The van der Waals surface area contributed by atoms with Crippen molar-refractivity contribution in [3.8, 4) is 16.9 Å². The molecule has 27 heavy (non-hydrogen) atoms. The van der Waals surface area contributed by atoms with Crippen molar-refractivity contribution in [3.63, 3.8) is 0 Å². The fourth-order valence-electron chi connectivity index (χ4n) is 3.47. The SMILES string of the molecule is CCCC(O)(CCCO)c1cc(-c2ccc(C)cc2)n(-c2ccccc2)n1. The van der Waals surface area contributed by atoms with Crippen molar-refractivity contribution in [3.05, 3.63) is 71.9 Å². The topological polar surface area (TPSA) is 58.3 Å². The lowest BCUT2D eigenvalue weighted by atomic mass is 9.89. The van der Waals surface area contributed by atoms with Crippen LogP contribution in [0.5, 0.6) is 0 Å². The molecule has 0 radical (unpaired) electrons. The van der Waals surface area contributed by atoms with Crippen molar-refractivity contribution in [2.75, 3.05) is 6.61 Å². The Balaban J connectivity index is 2.12. The molecule has 4 heteroatoms. The van der Waals surface area contributed by atoms with Gasteiger partial charge in [0.2, 0.25) is 0 Å². The third-order valence-corrected chi connectivity index (χ3v) is 4.95. The van der Waals surface area contributed by atoms with E-state index in [1.807, 2.05) is 41.1 Å². The van der Waals surface area contributed by atoms with E-state index in [2.05, 4.69) is 38.1 Å². The van der Waals surface area contributed by atoms with Gasteiger partial charge in [-0.15, -0.1) is 0 Å². The zero-order chi connectivity index (χ0) is 19.3. The molecular weight excluding hydrogens is 336 g/mol. The molecule has 0 saturated heterocycles.